The predicted molar refractivity (Wildman–Crippen MR) is 91.4 cm³/mol. The minimum atomic E-state index is 0.0700. The Morgan fingerprint density at radius 1 is 1.12 bits per heavy atom. The number of ether oxygens (including phenoxy) is 2. The Labute approximate surface area is 146 Å². The summed E-state index contributed by atoms with van der Waals surface area (Å²) in [5.41, 5.74) is 0.682. The van der Waals surface area contributed by atoms with Crippen molar-refractivity contribution in [2.45, 2.75) is 13.2 Å². The lowest BCUT2D eigenvalue weighted by molar-refractivity contribution is -0.133. The molecule has 1 saturated heterocycles. The molecule has 1 fully saturated rings. The summed E-state index contributed by atoms with van der Waals surface area (Å²) in [5, 5.41) is 8.07. The maximum absolute atomic E-state index is 12.3. The molecule has 134 valence electrons. The molecule has 2 aromatic rings. The molecular weight excluding hydrogens is 322 g/mol. The van der Waals surface area contributed by atoms with Crippen molar-refractivity contribution in [1.29, 1.82) is 0 Å². The summed E-state index contributed by atoms with van der Waals surface area (Å²) in [6.45, 7) is 3.84. The minimum absolute atomic E-state index is 0.0700. The highest BCUT2D eigenvalue weighted by molar-refractivity contribution is 5.76. The Bertz CT molecular complexity index is 693. The number of methoxy groups -OCH3 is 1. The second-order valence-electron chi connectivity index (χ2n) is 6.06. The van der Waals surface area contributed by atoms with Gasteiger partial charge in [-0.05, 0) is 31.3 Å². The van der Waals surface area contributed by atoms with Crippen LogP contribution in [-0.2, 0) is 17.9 Å². The summed E-state index contributed by atoms with van der Waals surface area (Å²) < 4.78 is 12.3. The highest BCUT2D eigenvalue weighted by Crippen LogP contribution is 2.17. The van der Waals surface area contributed by atoms with Crippen LogP contribution in [0.5, 0.6) is 11.5 Å². The molecule has 0 spiro atoms. The summed E-state index contributed by atoms with van der Waals surface area (Å²) in [5.74, 6) is 1.57. The van der Waals surface area contributed by atoms with Gasteiger partial charge in [0, 0.05) is 26.2 Å². The van der Waals surface area contributed by atoms with Gasteiger partial charge in [0.25, 0.3) is 0 Å². The van der Waals surface area contributed by atoms with Crippen molar-refractivity contribution in [3.63, 3.8) is 0 Å². The van der Waals surface area contributed by atoms with Crippen LogP contribution in [0.2, 0.25) is 0 Å². The monoisotopic (exact) mass is 345 g/mol. The fourth-order valence-corrected chi connectivity index (χ4v) is 2.61. The largest absolute Gasteiger partial charge is 0.497 e. The van der Waals surface area contributed by atoms with E-state index in [0.717, 1.165) is 37.7 Å². The van der Waals surface area contributed by atoms with E-state index in [4.69, 9.17) is 9.47 Å². The Morgan fingerprint density at radius 2 is 1.80 bits per heavy atom. The number of nitrogens with zero attached hydrogens (tertiary/aromatic N) is 5. The third-order valence-electron chi connectivity index (χ3n) is 4.19. The van der Waals surface area contributed by atoms with Gasteiger partial charge in [0.2, 0.25) is 5.91 Å². The normalized spacial score (nSPS) is 15.2. The van der Waals surface area contributed by atoms with Gasteiger partial charge in [-0.25, -0.2) is 4.68 Å². The molecule has 0 saturated carbocycles. The predicted octanol–water partition coefficient (Wildman–Crippen LogP) is 0.640. The summed E-state index contributed by atoms with van der Waals surface area (Å²) in [6, 6.07) is 7.34. The number of carbonyl (C=O) groups is 1. The van der Waals surface area contributed by atoms with Crippen molar-refractivity contribution in [2.24, 2.45) is 0 Å². The van der Waals surface area contributed by atoms with Crippen molar-refractivity contribution in [3.05, 3.63) is 36.2 Å². The van der Waals surface area contributed by atoms with E-state index in [0.29, 0.717) is 12.3 Å². The third kappa shape index (κ3) is 4.69. The zero-order chi connectivity index (χ0) is 17.6. The van der Waals surface area contributed by atoms with Crippen molar-refractivity contribution in [1.82, 2.24) is 24.8 Å². The van der Waals surface area contributed by atoms with E-state index in [1.54, 1.807) is 18.0 Å². The average Bonchev–Trinajstić information content (AvgIpc) is 3.08. The number of amides is 1. The van der Waals surface area contributed by atoms with Crippen LogP contribution in [0, 0.1) is 0 Å². The van der Waals surface area contributed by atoms with Crippen molar-refractivity contribution in [3.8, 4) is 11.5 Å². The van der Waals surface area contributed by atoms with Gasteiger partial charge < -0.3 is 19.3 Å². The van der Waals surface area contributed by atoms with Crippen LogP contribution in [0.4, 0.5) is 0 Å². The van der Waals surface area contributed by atoms with Gasteiger partial charge in [-0.1, -0.05) is 5.21 Å². The van der Waals surface area contributed by atoms with Gasteiger partial charge in [-0.2, -0.15) is 0 Å². The lowest BCUT2D eigenvalue weighted by atomic mass is 10.3. The fraction of sp³-hybridized carbons (Fsp3) is 0.471. The molecule has 0 unspecified atom stereocenters. The van der Waals surface area contributed by atoms with Gasteiger partial charge in [-0.15, -0.1) is 5.10 Å². The van der Waals surface area contributed by atoms with E-state index < -0.39 is 0 Å². The SMILES string of the molecule is COc1ccc(OCc2cn(CC(=O)N3CCN(C)CC3)nn2)cc1. The molecule has 0 N–H and O–H groups in total. The Kier molecular flexibility index (Phi) is 5.49. The maximum atomic E-state index is 12.3. The number of likely N-dealkylation sites (N-methyl/N-ethyl adjacent to an activating group) is 1. The van der Waals surface area contributed by atoms with E-state index in [2.05, 4.69) is 22.3 Å². The van der Waals surface area contributed by atoms with Gasteiger partial charge in [-0.3, -0.25) is 4.79 Å². The maximum Gasteiger partial charge on any atom is 0.244 e. The van der Waals surface area contributed by atoms with Crippen molar-refractivity contribution >= 4 is 5.91 Å². The molecule has 1 aliphatic rings. The molecule has 1 amide bonds. The van der Waals surface area contributed by atoms with E-state index in [1.807, 2.05) is 29.2 Å². The summed E-state index contributed by atoms with van der Waals surface area (Å²) >= 11 is 0. The van der Waals surface area contributed by atoms with Crippen molar-refractivity contribution < 1.29 is 14.3 Å². The van der Waals surface area contributed by atoms with Crippen molar-refractivity contribution in [2.75, 3.05) is 40.3 Å². The first-order chi connectivity index (χ1) is 12.1. The number of carbonyl (C=O) groups excluding carboxylic acids is 1. The highest BCUT2D eigenvalue weighted by atomic mass is 16.5. The van der Waals surface area contributed by atoms with E-state index in [9.17, 15) is 4.79 Å². The van der Waals surface area contributed by atoms with Crippen LogP contribution in [0.1, 0.15) is 5.69 Å². The molecular formula is C17H23N5O3. The number of piperazine rings is 1. The van der Waals surface area contributed by atoms with Crippen LogP contribution >= 0.6 is 0 Å². The quantitative estimate of drug-likeness (QED) is 0.765. The molecule has 0 radical (unpaired) electrons. The summed E-state index contributed by atoms with van der Waals surface area (Å²) in [4.78, 5) is 16.4. The van der Waals surface area contributed by atoms with Gasteiger partial charge in [0.15, 0.2) is 0 Å². The number of hydrogen-bond donors (Lipinski definition) is 0. The molecule has 0 bridgehead atoms. The second-order valence-corrected chi connectivity index (χ2v) is 6.06. The lowest BCUT2D eigenvalue weighted by Gasteiger charge is -2.32. The first kappa shape index (κ1) is 17.2. The molecule has 0 aliphatic carbocycles. The molecule has 3 rings (SSSR count). The second kappa shape index (κ2) is 7.98. The summed E-state index contributed by atoms with van der Waals surface area (Å²) in [6.07, 6.45) is 1.75. The molecule has 8 nitrogen and oxygen atoms in total. The van der Waals surface area contributed by atoms with Crippen LogP contribution in [0.3, 0.4) is 0 Å². The molecule has 8 heteroatoms. The van der Waals surface area contributed by atoms with E-state index >= 15 is 0 Å². The average molecular weight is 345 g/mol. The number of hydrogen-bond acceptors (Lipinski definition) is 6. The van der Waals surface area contributed by atoms with Gasteiger partial charge in [0.05, 0.1) is 13.3 Å². The Morgan fingerprint density at radius 3 is 2.48 bits per heavy atom. The zero-order valence-electron chi connectivity index (χ0n) is 14.6. The molecule has 1 aromatic carbocycles. The van der Waals surface area contributed by atoms with Crippen LogP contribution in [0.25, 0.3) is 0 Å². The smallest absolute Gasteiger partial charge is 0.244 e. The molecule has 1 aliphatic heterocycles. The van der Waals surface area contributed by atoms with Crippen LogP contribution < -0.4 is 9.47 Å². The zero-order valence-corrected chi connectivity index (χ0v) is 14.6. The minimum Gasteiger partial charge on any atom is -0.497 e. The van der Waals surface area contributed by atoms with Gasteiger partial charge >= 0.3 is 0 Å². The highest BCUT2D eigenvalue weighted by Gasteiger charge is 2.19. The first-order valence-electron chi connectivity index (χ1n) is 8.26. The van der Waals surface area contributed by atoms with E-state index in [1.165, 1.54) is 0 Å². The fourth-order valence-electron chi connectivity index (χ4n) is 2.61. The lowest BCUT2D eigenvalue weighted by Crippen LogP contribution is -2.48. The van der Waals surface area contributed by atoms with E-state index in [-0.39, 0.29) is 12.5 Å². The first-order valence-corrected chi connectivity index (χ1v) is 8.26. The molecule has 25 heavy (non-hydrogen) atoms. The standard InChI is InChI=1S/C17H23N5O3/c1-20-7-9-21(10-8-20)17(23)12-22-11-14(18-19-22)13-25-16-5-3-15(24-2)4-6-16/h3-6,11H,7-10,12-13H2,1-2H3. The third-order valence-corrected chi connectivity index (χ3v) is 4.19. The topological polar surface area (TPSA) is 72.7 Å². The molecule has 2 heterocycles. The Hall–Kier alpha value is -2.61. The number of benzene rings is 1. The summed E-state index contributed by atoms with van der Waals surface area (Å²) in [7, 11) is 3.69. The van der Waals surface area contributed by atoms with Crippen LogP contribution in [-0.4, -0.2) is 71.0 Å². The Balaban J connectivity index is 1.49. The van der Waals surface area contributed by atoms with Crippen LogP contribution in [0.15, 0.2) is 30.5 Å². The molecule has 0 atom stereocenters. The van der Waals surface area contributed by atoms with Gasteiger partial charge in [0.1, 0.15) is 30.3 Å². The molecule has 1 aromatic heterocycles. The number of aromatic nitrogens is 3. The number of rotatable bonds is 6.